The number of hydrogen-bond acceptors (Lipinski definition) is 4. The summed E-state index contributed by atoms with van der Waals surface area (Å²) in [4.78, 5) is 8.81. The smallest absolute Gasteiger partial charge is 0.223 e. The summed E-state index contributed by atoms with van der Waals surface area (Å²) in [6.07, 6.45) is 0. The molecule has 19 heavy (non-hydrogen) atoms. The highest BCUT2D eigenvalue weighted by Gasteiger charge is 2.07. The molecule has 2 rings (SSSR count). The molecular formula is C14H16ClN3O. The molecule has 0 aliphatic rings. The number of ether oxygens (including phenoxy) is 1. The van der Waals surface area contributed by atoms with E-state index in [0.29, 0.717) is 16.7 Å². The molecule has 0 bridgehead atoms. The standard InChI is InChI=1S/C14H16ClN3O/c1-4-16-14-17-9(2)7-12(18-14)10-5-6-11(15)13(8-10)19-3/h5-8H,4H2,1-3H3,(H,16,17,18). The van der Waals surface area contributed by atoms with Crippen LogP contribution in [0.5, 0.6) is 5.75 Å². The van der Waals surface area contributed by atoms with E-state index in [4.69, 9.17) is 16.3 Å². The Morgan fingerprint density at radius 1 is 1.26 bits per heavy atom. The van der Waals surface area contributed by atoms with Gasteiger partial charge in [-0.25, -0.2) is 9.97 Å². The zero-order valence-electron chi connectivity index (χ0n) is 11.2. The molecule has 0 saturated heterocycles. The molecule has 1 N–H and O–H groups in total. The van der Waals surface area contributed by atoms with Crippen LogP contribution in [-0.4, -0.2) is 23.6 Å². The minimum absolute atomic E-state index is 0.587. The van der Waals surface area contributed by atoms with Gasteiger partial charge in [-0.2, -0.15) is 0 Å². The van der Waals surface area contributed by atoms with Crippen molar-refractivity contribution in [3.63, 3.8) is 0 Å². The van der Waals surface area contributed by atoms with E-state index in [9.17, 15) is 0 Å². The predicted molar refractivity (Wildman–Crippen MR) is 77.9 cm³/mol. The summed E-state index contributed by atoms with van der Waals surface area (Å²) in [6.45, 7) is 4.74. The lowest BCUT2D eigenvalue weighted by molar-refractivity contribution is 0.415. The molecule has 0 fully saturated rings. The molecule has 100 valence electrons. The van der Waals surface area contributed by atoms with Crippen molar-refractivity contribution in [3.05, 3.63) is 35.0 Å². The van der Waals surface area contributed by atoms with Crippen LogP contribution in [0.3, 0.4) is 0 Å². The number of nitrogens with one attached hydrogen (secondary N) is 1. The highest BCUT2D eigenvalue weighted by molar-refractivity contribution is 6.32. The quantitative estimate of drug-likeness (QED) is 0.928. The fourth-order valence-corrected chi connectivity index (χ4v) is 1.97. The van der Waals surface area contributed by atoms with Crippen LogP contribution in [-0.2, 0) is 0 Å². The summed E-state index contributed by atoms with van der Waals surface area (Å²) >= 11 is 6.03. The van der Waals surface area contributed by atoms with E-state index in [1.165, 1.54) is 0 Å². The Bertz CT molecular complexity index is 587. The molecule has 1 aromatic heterocycles. The number of aryl methyl sites for hydroxylation is 1. The monoisotopic (exact) mass is 277 g/mol. The van der Waals surface area contributed by atoms with Crippen LogP contribution in [0.2, 0.25) is 5.02 Å². The Balaban J connectivity index is 2.46. The molecule has 1 heterocycles. The molecule has 4 nitrogen and oxygen atoms in total. The average Bonchev–Trinajstić information content (AvgIpc) is 2.39. The molecule has 1 aromatic carbocycles. The number of methoxy groups -OCH3 is 1. The van der Waals surface area contributed by atoms with Crippen molar-refractivity contribution in [2.24, 2.45) is 0 Å². The highest BCUT2D eigenvalue weighted by Crippen LogP contribution is 2.30. The summed E-state index contributed by atoms with van der Waals surface area (Å²) < 4.78 is 5.22. The second kappa shape index (κ2) is 5.89. The second-order valence-corrected chi connectivity index (χ2v) is 4.51. The fraction of sp³-hybridized carbons (Fsp3) is 0.286. The van der Waals surface area contributed by atoms with E-state index in [1.807, 2.05) is 32.0 Å². The maximum absolute atomic E-state index is 6.03. The van der Waals surface area contributed by atoms with Crippen LogP contribution in [0, 0.1) is 6.92 Å². The van der Waals surface area contributed by atoms with Crippen LogP contribution in [0.1, 0.15) is 12.6 Å². The van der Waals surface area contributed by atoms with Gasteiger partial charge >= 0.3 is 0 Å². The summed E-state index contributed by atoms with van der Waals surface area (Å²) in [5.41, 5.74) is 2.71. The first-order valence-electron chi connectivity index (χ1n) is 6.07. The molecule has 0 amide bonds. The van der Waals surface area contributed by atoms with Crippen molar-refractivity contribution >= 4 is 17.5 Å². The van der Waals surface area contributed by atoms with Crippen molar-refractivity contribution in [2.75, 3.05) is 19.0 Å². The highest BCUT2D eigenvalue weighted by atomic mass is 35.5. The van der Waals surface area contributed by atoms with Crippen molar-refractivity contribution in [1.29, 1.82) is 0 Å². The van der Waals surface area contributed by atoms with E-state index in [0.717, 1.165) is 23.5 Å². The van der Waals surface area contributed by atoms with Crippen LogP contribution >= 0.6 is 11.6 Å². The fourth-order valence-electron chi connectivity index (χ4n) is 1.77. The number of rotatable bonds is 4. The minimum Gasteiger partial charge on any atom is -0.495 e. The SMILES string of the molecule is CCNc1nc(C)cc(-c2ccc(Cl)c(OC)c2)n1. The van der Waals surface area contributed by atoms with Gasteiger partial charge in [-0.3, -0.25) is 0 Å². The van der Waals surface area contributed by atoms with Crippen molar-refractivity contribution in [3.8, 4) is 17.0 Å². The average molecular weight is 278 g/mol. The van der Waals surface area contributed by atoms with Gasteiger partial charge in [-0.05, 0) is 32.0 Å². The third kappa shape index (κ3) is 3.15. The Hall–Kier alpha value is -1.81. The molecule has 0 radical (unpaired) electrons. The van der Waals surface area contributed by atoms with Gasteiger partial charge in [-0.1, -0.05) is 17.7 Å². The molecule has 0 spiro atoms. The van der Waals surface area contributed by atoms with E-state index >= 15 is 0 Å². The first kappa shape index (κ1) is 13.6. The molecule has 0 saturated carbocycles. The van der Waals surface area contributed by atoms with Gasteiger partial charge < -0.3 is 10.1 Å². The van der Waals surface area contributed by atoms with Gasteiger partial charge in [0.2, 0.25) is 5.95 Å². The lowest BCUT2D eigenvalue weighted by atomic mass is 10.1. The van der Waals surface area contributed by atoms with Gasteiger partial charge in [-0.15, -0.1) is 0 Å². The first-order valence-corrected chi connectivity index (χ1v) is 6.45. The summed E-state index contributed by atoms with van der Waals surface area (Å²) in [7, 11) is 1.60. The predicted octanol–water partition coefficient (Wildman–Crippen LogP) is 3.55. The normalized spacial score (nSPS) is 10.3. The Kier molecular flexibility index (Phi) is 4.22. The van der Waals surface area contributed by atoms with Gasteiger partial charge in [0.25, 0.3) is 0 Å². The second-order valence-electron chi connectivity index (χ2n) is 4.10. The Labute approximate surface area is 117 Å². The molecule has 0 aliphatic carbocycles. The van der Waals surface area contributed by atoms with Gasteiger partial charge in [0.15, 0.2) is 0 Å². The topological polar surface area (TPSA) is 47.0 Å². The zero-order valence-corrected chi connectivity index (χ0v) is 12.0. The largest absolute Gasteiger partial charge is 0.495 e. The molecule has 0 aliphatic heterocycles. The zero-order chi connectivity index (χ0) is 13.8. The summed E-state index contributed by atoms with van der Waals surface area (Å²) in [6, 6.07) is 7.53. The maximum atomic E-state index is 6.03. The Morgan fingerprint density at radius 2 is 2.05 bits per heavy atom. The van der Waals surface area contributed by atoms with Crippen LogP contribution < -0.4 is 10.1 Å². The van der Waals surface area contributed by atoms with Crippen molar-refractivity contribution in [2.45, 2.75) is 13.8 Å². The van der Waals surface area contributed by atoms with Crippen LogP contribution in [0.25, 0.3) is 11.3 Å². The number of benzene rings is 1. The third-order valence-corrected chi connectivity index (χ3v) is 2.95. The van der Waals surface area contributed by atoms with Gasteiger partial charge in [0.1, 0.15) is 5.75 Å². The van der Waals surface area contributed by atoms with E-state index < -0.39 is 0 Å². The number of nitrogens with zero attached hydrogens (tertiary/aromatic N) is 2. The van der Waals surface area contributed by atoms with Crippen molar-refractivity contribution in [1.82, 2.24) is 9.97 Å². The van der Waals surface area contributed by atoms with Gasteiger partial charge in [0, 0.05) is 17.8 Å². The number of aromatic nitrogens is 2. The number of halogens is 1. The van der Waals surface area contributed by atoms with Crippen molar-refractivity contribution < 1.29 is 4.74 Å². The third-order valence-electron chi connectivity index (χ3n) is 2.64. The Morgan fingerprint density at radius 3 is 2.74 bits per heavy atom. The summed E-state index contributed by atoms with van der Waals surface area (Å²) in [5.74, 6) is 1.27. The molecule has 2 aromatic rings. The first-order chi connectivity index (χ1) is 9.13. The molecular weight excluding hydrogens is 262 g/mol. The maximum Gasteiger partial charge on any atom is 0.223 e. The molecule has 5 heteroatoms. The van der Waals surface area contributed by atoms with E-state index in [1.54, 1.807) is 13.2 Å². The molecule has 0 unspecified atom stereocenters. The van der Waals surface area contributed by atoms with Crippen LogP contribution in [0.15, 0.2) is 24.3 Å². The molecule has 0 atom stereocenters. The lowest BCUT2D eigenvalue weighted by Crippen LogP contribution is -2.03. The van der Waals surface area contributed by atoms with E-state index in [2.05, 4.69) is 15.3 Å². The van der Waals surface area contributed by atoms with E-state index in [-0.39, 0.29) is 0 Å². The van der Waals surface area contributed by atoms with Crippen LogP contribution in [0.4, 0.5) is 5.95 Å². The number of hydrogen-bond donors (Lipinski definition) is 1. The number of anilines is 1. The minimum atomic E-state index is 0.587. The summed E-state index contributed by atoms with van der Waals surface area (Å²) in [5, 5.41) is 3.71. The van der Waals surface area contributed by atoms with Gasteiger partial charge in [0.05, 0.1) is 17.8 Å². The lowest BCUT2D eigenvalue weighted by Gasteiger charge is -2.09.